The van der Waals surface area contributed by atoms with Crippen molar-refractivity contribution in [3.05, 3.63) is 101 Å². The summed E-state index contributed by atoms with van der Waals surface area (Å²) in [6, 6.07) is 22.0. The molecule has 162 valence electrons. The third-order valence-electron chi connectivity index (χ3n) is 6.06. The van der Waals surface area contributed by atoms with Gasteiger partial charge in [0.25, 0.3) is 0 Å². The topological polar surface area (TPSA) is 45.4 Å². The van der Waals surface area contributed by atoms with E-state index < -0.39 is 0 Å². The molecule has 0 atom stereocenters. The lowest BCUT2D eigenvalue weighted by Gasteiger charge is -2.25. The maximum absolute atomic E-state index is 13.6. The van der Waals surface area contributed by atoms with Gasteiger partial charge in [-0.2, -0.15) is 4.73 Å². The maximum Gasteiger partial charge on any atom is 0.228 e. The quantitative estimate of drug-likeness (QED) is 0.300. The Hall–Kier alpha value is -3.44. The molecule has 32 heavy (non-hydrogen) atoms. The molecule has 0 saturated carbocycles. The average Bonchev–Trinajstić information content (AvgIpc) is 2.85. The molecule has 0 unspecified atom stereocenters. The lowest BCUT2D eigenvalue weighted by molar-refractivity contribution is -0.577. The highest BCUT2D eigenvalue weighted by atomic mass is 19.1. The van der Waals surface area contributed by atoms with Crippen LogP contribution in [0, 0.1) is 11.0 Å². The zero-order valence-corrected chi connectivity index (χ0v) is 17.7. The molecule has 0 amide bonds. The second-order valence-corrected chi connectivity index (χ2v) is 8.13. The van der Waals surface area contributed by atoms with Crippen molar-refractivity contribution in [2.45, 2.75) is 25.4 Å². The van der Waals surface area contributed by atoms with Crippen molar-refractivity contribution in [3.8, 4) is 16.9 Å². The Morgan fingerprint density at radius 1 is 0.969 bits per heavy atom. The number of ether oxygens (including phenoxy) is 2. The lowest BCUT2D eigenvalue weighted by atomic mass is 9.85. The van der Waals surface area contributed by atoms with E-state index in [1.54, 1.807) is 24.4 Å². The van der Waals surface area contributed by atoms with Gasteiger partial charge >= 0.3 is 0 Å². The number of rotatable bonds is 5. The van der Waals surface area contributed by atoms with Crippen LogP contribution in [0.5, 0.6) is 5.75 Å². The molecule has 0 radical (unpaired) electrons. The summed E-state index contributed by atoms with van der Waals surface area (Å²) in [5.74, 6) is 0.578. The summed E-state index contributed by atoms with van der Waals surface area (Å²) in [5, 5.41) is 13.9. The summed E-state index contributed by atoms with van der Waals surface area (Å²) in [6.45, 7) is 1.78. The van der Waals surface area contributed by atoms with Gasteiger partial charge in [0.1, 0.15) is 18.2 Å². The number of pyridine rings is 1. The first-order valence-corrected chi connectivity index (χ1v) is 10.9. The van der Waals surface area contributed by atoms with Gasteiger partial charge in [0.05, 0.1) is 11.5 Å². The van der Waals surface area contributed by atoms with E-state index in [0.717, 1.165) is 45.2 Å². The van der Waals surface area contributed by atoms with Crippen molar-refractivity contribution in [1.29, 1.82) is 0 Å². The molecule has 0 aliphatic carbocycles. The van der Waals surface area contributed by atoms with Gasteiger partial charge in [-0.1, -0.05) is 42.5 Å². The number of halogens is 1. The van der Waals surface area contributed by atoms with E-state index in [4.69, 9.17) is 9.47 Å². The second kappa shape index (κ2) is 8.97. The number of nitrogens with zero attached hydrogens (tertiary/aromatic N) is 1. The zero-order valence-electron chi connectivity index (χ0n) is 17.7. The fourth-order valence-corrected chi connectivity index (χ4v) is 4.41. The van der Waals surface area contributed by atoms with Crippen molar-refractivity contribution < 1.29 is 18.6 Å². The molecule has 1 aromatic heterocycles. The van der Waals surface area contributed by atoms with E-state index in [2.05, 4.69) is 0 Å². The summed E-state index contributed by atoms with van der Waals surface area (Å²) in [6.07, 6.45) is 3.40. The smallest absolute Gasteiger partial charge is 0.228 e. The summed E-state index contributed by atoms with van der Waals surface area (Å²) in [5.41, 5.74) is 4.46. The molecule has 4 aromatic rings. The Morgan fingerprint density at radius 3 is 2.47 bits per heavy atom. The van der Waals surface area contributed by atoms with Crippen LogP contribution in [-0.4, -0.2) is 13.2 Å². The lowest BCUT2D eigenvalue weighted by Crippen LogP contribution is -2.29. The van der Waals surface area contributed by atoms with Crippen LogP contribution >= 0.6 is 0 Å². The molecule has 0 bridgehead atoms. The molecule has 1 aliphatic heterocycles. The Balaban J connectivity index is 1.59. The summed E-state index contributed by atoms with van der Waals surface area (Å²) in [4.78, 5) is 0. The first-order valence-electron chi connectivity index (χ1n) is 10.9. The molecule has 5 heteroatoms. The standard InChI is InChI=1S/C27H24FNO3/c28-22-8-6-21(7-9-22)27-24-11-10-23(32-18-19-4-2-1-3-5-19)16-26(24)29(30)17-25(27)20-12-14-31-15-13-20/h1-11,16-17,20H,12-15,18H2. The van der Waals surface area contributed by atoms with E-state index in [1.807, 2.05) is 42.5 Å². The highest BCUT2D eigenvalue weighted by molar-refractivity contribution is 5.95. The van der Waals surface area contributed by atoms with Gasteiger partial charge in [-0.15, -0.1) is 0 Å². The van der Waals surface area contributed by atoms with Crippen LogP contribution < -0.4 is 9.47 Å². The van der Waals surface area contributed by atoms with Crippen LogP contribution in [0.4, 0.5) is 4.39 Å². The van der Waals surface area contributed by atoms with Crippen LogP contribution in [-0.2, 0) is 11.3 Å². The SMILES string of the molecule is [O-][n+]1cc(C2CCOCC2)c(-c2ccc(F)cc2)c2ccc(OCc3ccccc3)cc21. The number of hydrogen-bond donors (Lipinski definition) is 0. The molecule has 2 heterocycles. The Bertz CT molecular complexity index is 1220. The molecule has 1 fully saturated rings. The molecule has 0 spiro atoms. The van der Waals surface area contributed by atoms with Crippen molar-refractivity contribution in [2.75, 3.05) is 13.2 Å². The third-order valence-corrected chi connectivity index (χ3v) is 6.06. The summed E-state index contributed by atoms with van der Waals surface area (Å²) < 4.78 is 26.0. The monoisotopic (exact) mass is 429 g/mol. The van der Waals surface area contributed by atoms with E-state index in [1.165, 1.54) is 12.1 Å². The number of hydrogen-bond acceptors (Lipinski definition) is 3. The summed E-state index contributed by atoms with van der Waals surface area (Å²) in [7, 11) is 0. The predicted molar refractivity (Wildman–Crippen MR) is 122 cm³/mol. The zero-order chi connectivity index (χ0) is 21.9. The van der Waals surface area contributed by atoms with Gasteiger partial charge in [0, 0.05) is 24.3 Å². The third kappa shape index (κ3) is 4.16. The van der Waals surface area contributed by atoms with E-state index in [-0.39, 0.29) is 11.7 Å². The molecular weight excluding hydrogens is 405 g/mol. The number of benzene rings is 3. The molecule has 1 aliphatic rings. The van der Waals surface area contributed by atoms with Crippen LogP contribution in [0.15, 0.2) is 79.0 Å². The van der Waals surface area contributed by atoms with Crippen molar-refractivity contribution in [2.24, 2.45) is 0 Å². The maximum atomic E-state index is 13.6. The van der Waals surface area contributed by atoms with Crippen molar-refractivity contribution in [3.63, 3.8) is 0 Å². The molecule has 3 aromatic carbocycles. The average molecular weight is 429 g/mol. The highest BCUT2D eigenvalue weighted by Crippen LogP contribution is 2.39. The predicted octanol–water partition coefficient (Wildman–Crippen LogP) is 5.75. The van der Waals surface area contributed by atoms with E-state index >= 15 is 0 Å². The normalized spacial score (nSPS) is 14.5. The minimum atomic E-state index is -0.280. The van der Waals surface area contributed by atoms with Gasteiger partial charge in [-0.05, 0) is 54.2 Å². The second-order valence-electron chi connectivity index (χ2n) is 8.13. The van der Waals surface area contributed by atoms with Crippen molar-refractivity contribution in [1.82, 2.24) is 0 Å². The van der Waals surface area contributed by atoms with Gasteiger partial charge in [-0.3, -0.25) is 0 Å². The minimum Gasteiger partial charge on any atom is -0.618 e. The fraction of sp³-hybridized carbons (Fsp3) is 0.222. The van der Waals surface area contributed by atoms with Crippen molar-refractivity contribution >= 4 is 10.9 Å². The minimum absolute atomic E-state index is 0.224. The van der Waals surface area contributed by atoms with E-state index in [9.17, 15) is 9.60 Å². The number of fused-ring (bicyclic) bond motifs is 1. The van der Waals surface area contributed by atoms with Crippen LogP contribution in [0.2, 0.25) is 0 Å². The Labute approximate surface area is 186 Å². The van der Waals surface area contributed by atoms with Gasteiger partial charge in [-0.25, -0.2) is 4.39 Å². The van der Waals surface area contributed by atoms with Gasteiger partial charge in [0.2, 0.25) is 5.52 Å². The van der Waals surface area contributed by atoms with Crippen LogP contribution in [0.3, 0.4) is 0 Å². The number of aromatic nitrogens is 1. The van der Waals surface area contributed by atoms with E-state index in [0.29, 0.717) is 31.1 Å². The van der Waals surface area contributed by atoms with Gasteiger partial charge in [0.15, 0.2) is 6.20 Å². The molecule has 0 N–H and O–H groups in total. The Kier molecular flexibility index (Phi) is 5.73. The van der Waals surface area contributed by atoms with Crippen LogP contribution in [0.25, 0.3) is 22.0 Å². The van der Waals surface area contributed by atoms with Gasteiger partial charge < -0.3 is 14.7 Å². The first-order chi connectivity index (χ1) is 15.7. The molecule has 1 saturated heterocycles. The Morgan fingerprint density at radius 2 is 1.72 bits per heavy atom. The first kappa shape index (κ1) is 20.5. The molecule has 4 nitrogen and oxygen atoms in total. The largest absolute Gasteiger partial charge is 0.618 e. The highest BCUT2D eigenvalue weighted by Gasteiger charge is 2.25. The molecular formula is C27H24FNO3. The molecule has 5 rings (SSSR count). The summed E-state index contributed by atoms with van der Waals surface area (Å²) >= 11 is 0. The van der Waals surface area contributed by atoms with Crippen LogP contribution in [0.1, 0.15) is 29.9 Å². The fourth-order valence-electron chi connectivity index (χ4n) is 4.41.